The molecule has 0 heterocycles. The quantitative estimate of drug-likeness (QED) is 0.525. The van der Waals surface area contributed by atoms with Crippen LogP contribution in [0.1, 0.15) is 0 Å². The van der Waals surface area contributed by atoms with Gasteiger partial charge in [-0.15, -0.1) is 0 Å². The Bertz CT molecular complexity index is 215. The molecule has 6 heteroatoms. The van der Waals surface area contributed by atoms with Gasteiger partial charge in [0.05, 0.1) is 25.6 Å². The largest absolute Gasteiger partial charge is 0.382 e. The number of ether oxygens (including phenoxy) is 2. The molecule has 0 aromatic carbocycles. The Kier molecular flexibility index (Phi) is 8.07. The van der Waals surface area contributed by atoms with Gasteiger partial charge in [0, 0.05) is 26.5 Å². The van der Waals surface area contributed by atoms with Crippen molar-refractivity contribution in [2.75, 3.05) is 52.0 Å². The van der Waals surface area contributed by atoms with Gasteiger partial charge in [0.25, 0.3) is 0 Å². The number of rotatable bonds is 9. The summed E-state index contributed by atoms with van der Waals surface area (Å²) in [6, 6.07) is 0. The first kappa shape index (κ1) is 13.8. The van der Waals surface area contributed by atoms with E-state index in [2.05, 4.69) is 5.32 Å². The van der Waals surface area contributed by atoms with Crippen LogP contribution in [0.15, 0.2) is 0 Å². The summed E-state index contributed by atoms with van der Waals surface area (Å²) < 4.78 is 31.4. The number of nitrogens with one attached hydrogen (secondary N) is 1. The van der Waals surface area contributed by atoms with E-state index >= 15 is 0 Å². The first-order chi connectivity index (χ1) is 6.56. The van der Waals surface area contributed by atoms with Gasteiger partial charge in [-0.25, -0.2) is 8.42 Å². The zero-order valence-corrected chi connectivity index (χ0v) is 9.60. The SMILES string of the molecule is COCCOCCNCCS(C)(=O)=O. The topological polar surface area (TPSA) is 64.6 Å². The smallest absolute Gasteiger partial charge is 0.148 e. The Morgan fingerprint density at radius 1 is 1.14 bits per heavy atom. The molecule has 0 amide bonds. The lowest BCUT2D eigenvalue weighted by Crippen LogP contribution is -2.26. The molecule has 0 bridgehead atoms. The van der Waals surface area contributed by atoms with Crippen molar-refractivity contribution in [1.82, 2.24) is 5.32 Å². The molecular weight excluding hydrogens is 206 g/mol. The van der Waals surface area contributed by atoms with Crippen molar-refractivity contribution in [1.29, 1.82) is 0 Å². The van der Waals surface area contributed by atoms with Crippen molar-refractivity contribution in [2.24, 2.45) is 0 Å². The Morgan fingerprint density at radius 3 is 2.43 bits per heavy atom. The van der Waals surface area contributed by atoms with Gasteiger partial charge in [-0.05, 0) is 0 Å². The van der Waals surface area contributed by atoms with E-state index in [1.807, 2.05) is 0 Å². The summed E-state index contributed by atoms with van der Waals surface area (Å²) in [7, 11) is -1.23. The summed E-state index contributed by atoms with van der Waals surface area (Å²) in [6.07, 6.45) is 1.23. The monoisotopic (exact) mass is 225 g/mol. The van der Waals surface area contributed by atoms with Crippen molar-refractivity contribution < 1.29 is 17.9 Å². The molecule has 0 aliphatic rings. The second kappa shape index (κ2) is 8.16. The molecule has 0 aromatic heterocycles. The predicted octanol–water partition coefficient (Wildman–Crippen LogP) is -0.716. The minimum atomic E-state index is -2.85. The summed E-state index contributed by atoms with van der Waals surface area (Å²) >= 11 is 0. The fourth-order valence-electron chi connectivity index (χ4n) is 0.771. The molecule has 0 radical (unpaired) electrons. The normalized spacial score (nSPS) is 11.9. The molecule has 0 rings (SSSR count). The Hall–Kier alpha value is -0.170. The van der Waals surface area contributed by atoms with E-state index in [-0.39, 0.29) is 5.75 Å². The summed E-state index contributed by atoms with van der Waals surface area (Å²) in [5, 5.41) is 2.97. The molecule has 0 spiro atoms. The maximum Gasteiger partial charge on any atom is 0.148 e. The van der Waals surface area contributed by atoms with E-state index in [1.54, 1.807) is 7.11 Å². The second-order valence-corrected chi connectivity index (χ2v) is 5.24. The van der Waals surface area contributed by atoms with E-state index in [4.69, 9.17) is 9.47 Å². The van der Waals surface area contributed by atoms with Gasteiger partial charge in [-0.1, -0.05) is 0 Å². The minimum Gasteiger partial charge on any atom is -0.382 e. The maximum absolute atomic E-state index is 10.7. The number of hydrogen-bond acceptors (Lipinski definition) is 5. The van der Waals surface area contributed by atoms with Gasteiger partial charge in [-0.2, -0.15) is 0 Å². The van der Waals surface area contributed by atoms with Crippen LogP contribution in [0.2, 0.25) is 0 Å². The third kappa shape index (κ3) is 11.8. The highest BCUT2D eigenvalue weighted by Gasteiger charge is 1.99. The van der Waals surface area contributed by atoms with Crippen LogP contribution in [0.5, 0.6) is 0 Å². The van der Waals surface area contributed by atoms with Crippen molar-refractivity contribution >= 4 is 9.84 Å². The molecule has 5 nitrogen and oxygen atoms in total. The van der Waals surface area contributed by atoms with E-state index in [0.717, 1.165) is 0 Å². The Morgan fingerprint density at radius 2 is 1.86 bits per heavy atom. The molecule has 1 N–H and O–H groups in total. The summed E-state index contributed by atoms with van der Waals surface area (Å²) in [5.74, 6) is 0.172. The lowest BCUT2D eigenvalue weighted by molar-refractivity contribution is 0.0722. The lowest BCUT2D eigenvalue weighted by Gasteiger charge is -2.04. The van der Waals surface area contributed by atoms with E-state index in [1.165, 1.54) is 6.26 Å². The second-order valence-electron chi connectivity index (χ2n) is 2.99. The Labute approximate surface area is 85.7 Å². The molecule has 0 aromatic rings. The van der Waals surface area contributed by atoms with Gasteiger partial charge >= 0.3 is 0 Å². The molecule has 14 heavy (non-hydrogen) atoms. The standard InChI is InChI=1S/C8H19NO4S/c1-12-6-7-13-5-3-9-4-8-14(2,10)11/h9H,3-8H2,1-2H3. The molecule has 0 unspecified atom stereocenters. The molecule has 0 atom stereocenters. The molecule has 0 fully saturated rings. The highest BCUT2D eigenvalue weighted by molar-refractivity contribution is 7.90. The van der Waals surface area contributed by atoms with Gasteiger partial charge < -0.3 is 14.8 Å². The maximum atomic E-state index is 10.7. The van der Waals surface area contributed by atoms with Crippen LogP contribution < -0.4 is 5.32 Å². The third-order valence-electron chi connectivity index (χ3n) is 1.50. The molecule has 86 valence electrons. The third-order valence-corrected chi connectivity index (χ3v) is 2.45. The van der Waals surface area contributed by atoms with Gasteiger partial charge in [0.15, 0.2) is 0 Å². The van der Waals surface area contributed by atoms with Crippen molar-refractivity contribution in [3.05, 3.63) is 0 Å². The van der Waals surface area contributed by atoms with Crippen LogP contribution in [-0.4, -0.2) is 60.4 Å². The highest BCUT2D eigenvalue weighted by atomic mass is 32.2. The van der Waals surface area contributed by atoms with Crippen molar-refractivity contribution in [3.8, 4) is 0 Å². The van der Waals surface area contributed by atoms with Crippen LogP contribution in [-0.2, 0) is 19.3 Å². The van der Waals surface area contributed by atoms with Crippen LogP contribution in [0.25, 0.3) is 0 Å². The molecular formula is C8H19NO4S. The van der Waals surface area contributed by atoms with Crippen LogP contribution in [0.3, 0.4) is 0 Å². The van der Waals surface area contributed by atoms with Gasteiger partial charge in [0.2, 0.25) is 0 Å². The molecule has 0 aliphatic heterocycles. The van der Waals surface area contributed by atoms with Crippen LogP contribution in [0.4, 0.5) is 0 Å². The van der Waals surface area contributed by atoms with Crippen LogP contribution >= 0.6 is 0 Å². The van der Waals surface area contributed by atoms with E-state index in [0.29, 0.717) is 32.9 Å². The van der Waals surface area contributed by atoms with Crippen LogP contribution in [0, 0.1) is 0 Å². The van der Waals surface area contributed by atoms with Gasteiger partial charge in [-0.3, -0.25) is 0 Å². The first-order valence-corrected chi connectivity index (χ1v) is 6.57. The number of hydrogen-bond donors (Lipinski definition) is 1. The van der Waals surface area contributed by atoms with E-state index in [9.17, 15) is 8.42 Å². The molecule has 0 saturated carbocycles. The van der Waals surface area contributed by atoms with Crippen molar-refractivity contribution in [2.45, 2.75) is 0 Å². The van der Waals surface area contributed by atoms with Gasteiger partial charge in [0.1, 0.15) is 9.84 Å². The zero-order valence-electron chi connectivity index (χ0n) is 8.78. The number of sulfone groups is 1. The summed E-state index contributed by atoms with van der Waals surface area (Å²) in [6.45, 7) is 2.88. The fourth-order valence-corrected chi connectivity index (χ4v) is 1.29. The fraction of sp³-hybridized carbons (Fsp3) is 1.00. The van der Waals surface area contributed by atoms with E-state index < -0.39 is 9.84 Å². The van der Waals surface area contributed by atoms with Crippen molar-refractivity contribution in [3.63, 3.8) is 0 Å². The average molecular weight is 225 g/mol. The molecule has 0 aliphatic carbocycles. The minimum absolute atomic E-state index is 0.172. The summed E-state index contributed by atoms with van der Waals surface area (Å²) in [4.78, 5) is 0. The zero-order chi connectivity index (χ0) is 10.9. The highest BCUT2D eigenvalue weighted by Crippen LogP contribution is 1.79. The lowest BCUT2D eigenvalue weighted by atomic mass is 10.6. The molecule has 0 saturated heterocycles. The predicted molar refractivity (Wildman–Crippen MR) is 55.3 cm³/mol. The first-order valence-electron chi connectivity index (χ1n) is 4.51. The summed E-state index contributed by atoms with van der Waals surface area (Å²) in [5.41, 5.74) is 0. The average Bonchev–Trinajstić information content (AvgIpc) is 2.08. The Balaban J connectivity index is 3.07. The number of methoxy groups -OCH3 is 1.